The van der Waals surface area contributed by atoms with Crippen molar-refractivity contribution >= 4 is 11.8 Å². The molecule has 3 N–H and O–H groups in total. The quantitative estimate of drug-likeness (QED) is 0.593. The monoisotopic (exact) mass is 211 g/mol. The first-order chi connectivity index (χ1) is 6.63. The van der Waals surface area contributed by atoms with Crippen molar-refractivity contribution in [3.05, 3.63) is 29.8 Å². The van der Waals surface area contributed by atoms with Gasteiger partial charge in [0.15, 0.2) is 0 Å². The van der Waals surface area contributed by atoms with Crippen molar-refractivity contribution in [2.24, 2.45) is 5.73 Å². The number of hydrogen-bond donors (Lipinski definition) is 2. The summed E-state index contributed by atoms with van der Waals surface area (Å²) in [5.41, 5.74) is 6.14. The van der Waals surface area contributed by atoms with Crippen LogP contribution in [0.25, 0.3) is 0 Å². The first-order valence-corrected chi connectivity index (χ1v) is 5.66. The molecule has 0 aliphatic rings. The van der Waals surface area contributed by atoms with Gasteiger partial charge in [-0.2, -0.15) is 0 Å². The van der Waals surface area contributed by atoms with Gasteiger partial charge < -0.3 is 10.8 Å². The third kappa shape index (κ3) is 3.33. The number of aliphatic hydroxyl groups excluding tert-OH is 1. The molecular formula is C11H17NOS. The molecule has 0 aromatic heterocycles. The summed E-state index contributed by atoms with van der Waals surface area (Å²) in [6.45, 7) is 4.62. The molecule has 1 atom stereocenters. The van der Waals surface area contributed by atoms with Crippen LogP contribution in [0.5, 0.6) is 0 Å². The van der Waals surface area contributed by atoms with Crippen LogP contribution < -0.4 is 5.73 Å². The molecule has 1 unspecified atom stereocenters. The van der Waals surface area contributed by atoms with Crippen LogP contribution in [0, 0.1) is 0 Å². The second kappa shape index (κ2) is 5.39. The topological polar surface area (TPSA) is 46.2 Å². The maximum atomic E-state index is 9.33. The normalized spacial score (nSPS) is 13.2. The second-order valence-electron chi connectivity index (χ2n) is 3.53. The molecule has 0 bridgehead atoms. The van der Waals surface area contributed by atoms with Gasteiger partial charge in [-0.05, 0) is 23.6 Å². The van der Waals surface area contributed by atoms with Gasteiger partial charge in [-0.3, -0.25) is 0 Å². The van der Waals surface area contributed by atoms with E-state index >= 15 is 0 Å². The minimum absolute atomic E-state index is 0.288. The lowest BCUT2D eigenvalue weighted by Gasteiger charge is -2.09. The predicted octanol–water partition coefficient (Wildman–Crippen LogP) is 2.18. The molecule has 14 heavy (non-hydrogen) atoms. The fourth-order valence-corrected chi connectivity index (χ4v) is 1.84. The summed E-state index contributed by atoms with van der Waals surface area (Å²) >= 11 is 1.39. The van der Waals surface area contributed by atoms with E-state index in [-0.39, 0.29) is 6.54 Å². The Morgan fingerprint density at radius 1 is 1.29 bits per heavy atom. The zero-order chi connectivity index (χ0) is 10.6. The number of benzene rings is 1. The average molecular weight is 211 g/mol. The summed E-state index contributed by atoms with van der Waals surface area (Å²) in [6, 6.07) is 8.24. The van der Waals surface area contributed by atoms with Gasteiger partial charge in [0.2, 0.25) is 0 Å². The molecule has 0 aliphatic carbocycles. The van der Waals surface area contributed by atoms with Crippen LogP contribution in [0.15, 0.2) is 29.2 Å². The fraction of sp³-hybridized carbons (Fsp3) is 0.455. The maximum Gasteiger partial charge on any atom is 0.116 e. The Bertz CT molecular complexity index is 271. The molecular weight excluding hydrogens is 194 g/mol. The smallest absolute Gasteiger partial charge is 0.116 e. The third-order valence-electron chi connectivity index (χ3n) is 2.02. The van der Waals surface area contributed by atoms with Crippen molar-refractivity contribution < 1.29 is 5.11 Å². The molecule has 0 saturated carbocycles. The molecule has 1 aromatic rings. The minimum atomic E-state index is -0.500. The lowest BCUT2D eigenvalue weighted by atomic mass is 10.0. The van der Waals surface area contributed by atoms with Gasteiger partial charge in [0, 0.05) is 11.4 Å². The third-order valence-corrected chi connectivity index (χ3v) is 3.03. The van der Waals surface area contributed by atoms with Crippen molar-refractivity contribution in [1.29, 1.82) is 0 Å². The van der Waals surface area contributed by atoms with Gasteiger partial charge in [-0.15, -0.1) is 0 Å². The van der Waals surface area contributed by atoms with Gasteiger partial charge in [0.1, 0.15) is 5.44 Å². The van der Waals surface area contributed by atoms with E-state index in [4.69, 9.17) is 5.73 Å². The van der Waals surface area contributed by atoms with Gasteiger partial charge in [-0.25, -0.2) is 0 Å². The minimum Gasteiger partial charge on any atom is -0.381 e. The Morgan fingerprint density at radius 3 is 2.29 bits per heavy atom. The standard InChI is InChI=1S/C11H17NOS/c1-8(2)9-3-5-10(6-4-9)14-11(13)7-12/h3-6,8,11,13H,7,12H2,1-2H3. The average Bonchev–Trinajstić information content (AvgIpc) is 2.18. The van der Waals surface area contributed by atoms with E-state index in [1.807, 2.05) is 12.1 Å². The Kier molecular flexibility index (Phi) is 4.45. The van der Waals surface area contributed by atoms with Crippen molar-refractivity contribution in [3.63, 3.8) is 0 Å². The van der Waals surface area contributed by atoms with Gasteiger partial charge in [-0.1, -0.05) is 37.7 Å². The molecule has 0 fully saturated rings. The zero-order valence-electron chi connectivity index (χ0n) is 8.60. The Labute approximate surface area is 89.5 Å². The molecule has 0 aliphatic heterocycles. The number of hydrogen-bond acceptors (Lipinski definition) is 3. The van der Waals surface area contributed by atoms with Crippen LogP contribution >= 0.6 is 11.8 Å². The molecule has 1 aromatic carbocycles. The fourth-order valence-electron chi connectivity index (χ4n) is 1.14. The molecule has 0 amide bonds. The van der Waals surface area contributed by atoms with E-state index in [2.05, 4.69) is 26.0 Å². The molecule has 0 heterocycles. The number of thioether (sulfide) groups is 1. The van der Waals surface area contributed by atoms with Crippen LogP contribution in [-0.4, -0.2) is 17.1 Å². The van der Waals surface area contributed by atoms with Crippen LogP contribution in [0.2, 0.25) is 0 Å². The van der Waals surface area contributed by atoms with E-state index in [1.54, 1.807) is 0 Å². The zero-order valence-corrected chi connectivity index (χ0v) is 9.42. The number of aliphatic hydroxyl groups is 1. The molecule has 0 spiro atoms. The van der Waals surface area contributed by atoms with E-state index < -0.39 is 5.44 Å². The van der Waals surface area contributed by atoms with E-state index in [0.717, 1.165) is 4.90 Å². The predicted molar refractivity (Wildman–Crippen MR) is 61.4 cm³/mol. The highest BCUT2D eigenvalue weighted by molar-refractivity contribution is 7.99. The van der Waals surface area contributed by atoms with Gasteiger partial charge >= 0.3 is 0 Å². The lowest BCUT2D eigenvalue weighted by Crippen LogP contribution is -2.15. The van der Waals surface area contributed by atoms with Crippen LogP contribution in [0.3, 0.4) is 0 Å². The summed E-state index contributed by atoms with van der Waals surface area (Å²) in [4.78, 5) is 1.06. The van der Waals surface area contributed by atoms with Crippen LogP contribution in [0.1, 0.15) is 25.3 Å². The van der Waals surface area contributed by atoms with Crippen LogP contribution in [-0.2, 0) is 0 Å². The largest absolute Gasteiger partial charge is 0.381 e. The SMILES string of the molecule is CC(C)c1ccc(SC(O)CN)cc1. The van der Waals surface area contributed by atoms with Crippen molar-refractivity contribution in [3.8, 4) is 0 Å². The highest BCUT2D eigenvalue weighted by Crippen LogP contribution is 2.23. The van der Waals surface area contributed by atoms with Gasteiger partial charge in [0.05, 0.1) is 0 Å². The van der Waals surface area contributed by atoms with E-state index in [0.29, 0.717) is 5.92 Å². The summed E-state index contributed by atoms with van der Waals surface area (Å²) < 4.78 is 0. The van der Waals surface area contributed by atoms with E-state index in [9.17, 15) is 5.11 Å². The molecule has 1 rings (SSSR count). The number of rotatable bonds is 4. The first-order valence-electron chi connectivity index (χ1n) is 4.78. The summed E-state index contributed by atoms with van der Waals surface area (Å²) in [5.74, 6) is 0.550. The number of nitrogens with two attached hydrogens (primary N) is 1. The van der Waals surface area contributed by atoms with Crippen molar-refractivity contribution in [1.82, 2.24) is 0 Å². The Balaban J connectivity index is 2.64. The molecule has 2 nitrogen and oxygen atoms in total. The van der Waals surface area contributed by atoms with Gasteiger partial charge in [0.25, 0.3) is 0 Å². The highest BCUT2D eigenvalue weighted by atomic mass is 32.2. The Hall–Kier alpha value is -0.510. The summed E-state index contributed by atoms with van der Waals surface area (Å²) in [6.07, 6.45) is 0. The molecule has 0 radical (unpaired) electrons. The maximum absolute atomic E-state index is 9.33. The van der Waals surface area contributed by atoms with Crippen molar-refractivity contribution in [2.45, 2.75) is 30.1 Å². The Morgan fingerprint density at radius 2 is 1.86 bits per heavy atom. The molecule has 78 valence electrons. The van der Waals surface area contributed by atoms with Crippen molar-refractivity contribution in [2.75, 3.05) is 6.54 Å². The summed E-state index contributed by atoms with van der Waals surface area (Å²) in [5, 5.41) is 9.33. The van der Waals surface area contributed by atoms with Crippen LogP contribution in [0.4, 0.5) is 0 Å². The first kappa shape index (κ1) is 11.6. The molecule has 0 saturated heterocycles. The molecule has 3 heteroatoms. The van der Waals surface area contributed by atoms with E-state index in [1.165, 1.54) is 17.3 Å². The highest BCUT2D eigenvalue weighted by Gasteiger charge is 2.04. The second-order valence-corrected chi connectivity index (χ2v) is 4.78. The lowest BCUT2D eigenvalue weighted by molar-refractivity contribution is 0.271. The summed E-state index contributed by atoms with van der Waals surface area (Å²) in [7, 11) is 0.